The van der Waals surface area contributed by atoms with Crippen LogP contribution < -0.4 is 10.2 Å². The van der Waals surface area contributed by atoms with Crippen LogP contribution in [0, 0.1) is 5.82 Å². The molecule has 0 spiro atoms. The van der Waals surface area contributed by atoms with Gasteiger partial charge in [-0.2, -0.15) is 0 Å². The molecule has 1 N–H and O–H groups in total. The Kier molecular flexibility index (Phi) is 6.68. The number of rotatable bonds is 5. The quantitative estimate of drug-likeness (QED) is 0.523. The second kappa shape index (κ2) is 9.82. The molecule has 0 bridgehead atoms. The molecule has 3 aromatic rings. The van der Waals surface area contributed by atoms with Gasteiger partial charge in [0.1, 0.15) is 11.9 Å². The maximum Gasteiger partial charge on any atom is 0.267 e. The molecule has 12 heteroatoms. The van der Waals surface area contributed by atoms with Crippen LogP contribution in [-0.2, 0) is 26.9 Å². The minimum absolute atomic E-state index is 0.0195. The van der Waals surface area contributed by atoms with E-state index in [1.807, 2.05) is 0 Å². The van der Waals surface area contributed by atoms with Crippen molar-refractivity contribution in [1.82, 2.24) is 14.9 Å². The Balaban J connectivity index is 1.36. The van der Waals surface area contributed by atoms with Crippen LogP contribution in [0.5, 0.6) is 0 Å². The molecular formula is C26H24F3N5O3S. The fourth-order valence-corrected chi connectivity index (χ4v) is 5.53. The molecule has 0 radical (unpaired) electrons. The van der Waals surface area contributed by atoms with E-state index >= 15 is 0 Å². The highest BCUT2D eigenvalue weighted by molar-refractivity contribution is 7.84. The largest absolute Gasteiger partial charge is 0.328 e. The summed E-state index contributed by atoms with van der Waals surface area (Å²) in [5.74, 6) is -4.31. The first-order valence-corrected chi connectivity index (χ1v) is 13.3. The molecule has 0 aliphatic carbocycles. The van der Waals surface area contributed by atoms with Crippen molar-refractivity contribution >= 4 is 34.2 Å². The topological polar surface area (TPSA) is 95.5 Å². The molecule has 198 valence electrons. The van der Waals surface area contributed by atoms with Crippen LogP contribution in [0.1, 0.15) is 42.1 Å². The van der Waals surface area contributed by atoms with Gasteiger partial charge in [-0.1, -0.05) is 18.2 Å². The van der Waals surface area contributed by atoms with Gasteiger partial charge >= 0.3 is 0 Å². The molecule has 3 atom stereocenters. The lowest BCUT2D eigenvalue weighted by atomic mass is 10.0. The molecule has 8 nitrogen and oxygen atoms in total. The highest BCUT2D eigenvalue weighted by Gasteiger charge is 2.46. The molecule has 5 rings (SSSR count). The molecule has 1 aromatic heterocycles. The lowest BCUT2D eigenvalue weighted by Crippen LogP contribution is -2.35. The van der Waals surface area contributed by atoms with E-state index in [9.17, 15) is 27.0 Å². The van der Waals surface area contributed by atoms with Crippen molar-refractivity contribution in [2.24, 2.45) is 0 Å². The molecule has 2 aliphatic heterocycles. The van der Waals surface area contributed by atoms with Crippen molar-refractivity contribution in [2.75, 3.05) is 23.0 Å². The molecule has 0 saturated carbocycles. The zero-order valence-electron chi connectivity index (χ0n) is 20.5. The predicted octanol–water partition coefficient (Wildman–Crippen LogP) is 3.98. The summed E-state index contributed by atoms with van der Waals surface area (Å²) in [6, 6.07) is 8.87. The summed E-state index contributed by atoms with van der Waals surface area (Å²) in [5, 5.41) is 2.70. The summed E-state index contributed by atoms with van der Waals surface area (Å²) in [5.41, 5.74) is 1.97. The Bertz CT molecular complexity index is 1440. The summed E-state index contributed by atoms with van der Waals surface area (Å²) in [6.45, 7) is 0.939. The molecular weight excluding hydrogens is 519 g/mol. The minimum atomic E-state index is -3.01. The van der Waals surface area contributed by atoms with Gasteiger partial charge in [-0.05, 0) is 41.0 Å². The third-order valence-corrected chi connectivity index (χ3v) is 7.63. The second-order valence-electron chi connectivity index (χ2n) is 9.38. The van der Waals surface area contributed by atoms with Gasteiger partial charge in [-0.15, -0.1) is 0 Å². The van der Waals surface area contributed by atoms with E-state index in [-0.39, 0.29) is 24.1 Å². The van der Waals surface area contributed by atoms with Gasteiger partial charge in [0.2, 0.25) is 11.9 Å². The van der Waals surface area contributed by atoms with Crippen molar-refractivity contribution < 1.29 is 27.0 Å². The Morgan fingerprint density at radius 1 is 1.13 bits per heavy atom. The van der Waals surface area contributed by atoms with Gasteiger partial charge in [0.05, 0.1) is 30.7 Å². The Morgan fingerprint density at radius 3 is 2.53 bits per heavy atom. The molecule has 3 heterocycles. The number of alkyl halides is 2. The summed E-state index contributed by atoms with van der Waals surface area (Å²) >= 11 is 0. The number of amides is 2. The number of anilines is 2. The first-order valence-electron chi connectivity index (χ1n) is 11.8. The highest BCUT2D eigenvalue weighted by Crippen LogP contribution is 2.42. The number of benzene rings is 2. The van der Waals surface area contributed by atoms with Crippen molar-refractivity contribution in [3.8, 4) is 0 Å². The average Bonchev–Trinajstić information content (AvgIpc) is 3.41. The average molecular weight is 544 g/mol. The summed E-state index contributed by atoms with van der Waals surface area (Å²) < 4.78 is 54.3. The van der Waals surface area contributed by atoms with Gasteiger partial charge < -0.3 is 15.1 Å². The number of fused-ring (bicyclic) bond motifs is 1. The number of carbonyl (C=O) groups is 2. The van der Waals surface area contributed by atoms with Gasteiger partial charge in [0.15, 0.2) is 0 Å². The smallest absolute Gasteiger partial charge is 0.267 e. The molecule has 1 saturated heterocycles. The van der Waals surface area contributed by atoms with Crippen molar-refractivity contribution in [3.63, 3.8) is 0 Å². The van der Waals surface area contributed by atoms with Crippen molar-refractivity contribution in [3.05, 3.63) is 77.4 Å². The number of hydrogen-bond donors (Lipinski definition) is 1. The van der Waals surface area contributed by atoms with Crippen LogP contribution in [0.15, 0.2) is 59.8 Å². The van der Waals surface area contributed by atoms with E-state index in [0.29, 0.717) is 16.0 Å². The number of halogens is 3. The fraction of sp³-hybridized carbons (Fsp3) is 0.308. The van der Waals surface area contributed by atoms with Crippen LogP contribution in [0.4, 0.5) is 24.8 Å². The summed E-state index contributed by atoms with van der Waals surface area (Å²) in [4.78, 5) is 37.2. The Morgan fingerprint density at radius 2 is 1.87 bits per heavy atom. The maximum atomic E-state index is 14.3. The van der Waals surface area contributed by atoms with E-state index in [4.69, 9.17) is 0 Å². The molecule has 1 fully saturated rings. The van der Waals surface area contributed by atoms with Crippen LogP contribution >= 0.6 is 0 Å². The summed E-state index contributed by atoms with van der Waals surface area (Å²) in [6.07, 6.45) is 3.65. The molecule has 2 aliphatic rings. The number of nitrogens with one attached hydrogen (secondary N) is 1. The molecule has 2 amide bonds. The van der Waals surface area contributed by atoms with Crippen LogP contribution in [-0.4, -0.2) is 49.6 Å². The predicted molar refractivity (Wildman–Crippen MR) is 134 cm³/mol. The minimum Gasteiger partial charge on any atom is -0.328 e. The van der Waals surface area contributed by atoms with Crippen molar-refractivity contribution in [2.45, 2.75) is 42.8 Å². The van der Waals surface area contributed by atoms with Gasteiger partial charge in [0.25, 0.3) is 11.8 Å². The van der Waals surface area contributed by atoms with Crippen molar-refractivity contribution in [1.29, 1.82) is 0 Å². The van der Waals surface area contributed by atoms with Gasteiger partial charge in [0, 0.05) is 41.8 Å². The second-order valence-corrected chi connectivity index (χ2v) is 10.8. The molecule has 3 unspecified atom stereocenters. The highest BCUT2D eigenvalue weighted by atomic mass is 32.2. The monoisotopic (exact) mass is 543 g/mol. The van der Waals surface area contributed by atoms with E-state index in [0.717, 1.165) is 5.56 Å². The number of nitrogens with zero attached hydrogens (tertiary/aromatic N) is 4. The van der Waals surface area contributed by atoms with E-state index in [1.165, 1.54) is 47.3 Å². The normalized spacial score (nSPS) is 20.8. The van der Waals surface area contributed by atoms with Crippen LogP contribution in [0.25, 0.3) is 0 Å². The van der Waals surface area contributed by atoms with Crippen LogP contribution in [0.3, 0.4) is 0 Å². The van der Waals surface area contributed by atoms with E-state index in [1.54, 1.807) is 30.5 Å². The van der Waals surface area contributed by atoms with Crippen LogP contribution in [0.2, 0.25) is 0 Å². The molecule has 38 heavy (non-hydrogen) atoms. The lowest BCUT2D eigenvalue weighted by Gasteiger charge is -2.25. The Labute approximate surface area is 219 Å². The third kappa shape index (κ3) is 5.00. The summed E-state index contributed by atoms with van der Waals surface area (Å²) in [7, 11) is -1.21. The first-order chi connectivity index (χ1) is 18.0. The number of aromatic nitrogens is 2. The Hall–Kier alpha value is -3.80. The fourth-order valence-electron chi connectivity index (χ4n) is 4.97. The third-order valence-electron chi connectivity index (χ3n) is 6.71. The molecule has 2 aromatic carbocycles. The van der Waals surface area contributed by atoms with Gasteiger partial charge in [-0.25, -0.2) is 23.1 Å². The number of carbonyl (C=O) groups excluding carboxylic acids is 2. The van der Waals surface area contributed by atoms with Gasteiger partial charge in [-0.3, -0.25) is 13.8 Å². The lowest BCUT2D eigenvalue weighted by molar-refractivity contribution is -0.136. The van der Waals surface area contributed by atoms with E-state index < -0.39 is 53.5 Å². The number of hydrogen-bond acceptors (Lipinski definition) is 6. The zero-order valence-corrected chi connectivity index (χ0v) is 21.3. The maximum absolute atomic E-state index is 14.3. The zero-order chi connectivity index (χ0) is 27.2. The van der Waals surface area contributed by atoms with E-state index in [2.05, 4.69) is 15.3 Å². The standard InChI is InChI=1S/C26H24F3N5O3S/c1-15(35)33-13-17-9-20(38(2)37)6-7-21(17)23(33)24(36)32-19-11-30-25(31-12-19)34-14-26(28,29)10-22(34)16-4-3-5-18(27)8-16/h3-9,11-12,22-23H,10,13-14H2,1-2H3,(H,32,36). The first kappa shape index (κ1) is 25.8. The SMILES string of the molecule is CC(=O)N1Cc2cc(S(C)=O)ccc2C1C(=O)Nc1cnc(N2CC(F)(F)CC2c2cccc(F)c2)nc1.